The number of anilines is 1. The predicted octanol–water partition coefficient (Wildman–Crippen LogP) is 2.76. The third kappa shape index (κ3) is 5.10. The standard InChI is InChI=1S/C19H19FN4O3S2/c1-28-19-23-10-15(11-25)18(24-19)22-9-12-2-4-13(5-3-12)14-6-7-16(20)17(8-14)29(21,26)27/h2-8,10,25H,9,11H2,1H3,(H2,21,26,27)(H,22,23,24). The maximum atomic E-state index is 13.7. The van der Waals surface area contributed by atoms with Crippen molar-refractivity contribution in [3.63, 3.8) is 0 Å². The third-order valence-corrected chi connectivity index (χ3v) is 5.67. The second kappa shape index (κ2) is 8.87. The zero-order valence-electron chi connectivity index (χ0n) is 15.5. The van der Waals surface area contributed by atoms with Crippen molar-refractivity contribution in [2.75, 3.05) is 11.6 Å². The van der Waals surface area contributed by atoms with E-state index in [9.17, 15) is 17.9 Å². The average Bonchev–Trinajstić information content (AvgIpc) is 2.72. The van der Waals surface area contributed by atoms with Gasteiger partial charge in [0.1, 0.15) is 16.5 Å². The van der Waals surface area contributed by atoms with Crippen molar-refractivity contribution in [2.24, 2.45) is 5.14 Å². The SMILES string of the molecule is CSc1ncc(CO)c(NCc2ccc(-c3ccc(F)c(S(N)(=O)=O)c3)cc2)n1. The normalized spacial score (nSPS) is 11.4. The second-order valence-corrected chi connectivity index (χ2v) is 8.43. The molecule has 0 fully saturated rings. The molecule has 152 valence electrons. The van der Waals surface area contributed by atoms with Crippen molar-refractivity contribution in [3.05, 3.63) is 65.6 Å². The van der Waals surface area contributed by atoms with Crippen molar-refractivity contribution >= 4 is 27.6 Å². The van der Waals surface area contributed by atoms with E-state index in [1.54, 1.807) is 18.3 Å². The molecule has 0 atom stereocenters. The first-order valence-electron chi connectivity index (χ1n) is 8.48. The van der Waals surface area contributed by atoms with E-state index < -0.39 is 20.7 Å². The van der Waals surface area contributed by atoms with Crippen LogP contribution in [-0.4, -0.2) is 29.7 Å². The molecule has 1 heterocycles. The van der Waals surface area contributed by atoms with Crippen molar-refractivity contribution in [1.29, 1.82) is 0 Å². The Hall–Kier alpha value is -2.53. The Labute approximate surface area is 172 Å². The largest absolute Gasteiger partial charge is 0.391 e. The number of primary sulfonamides is 1. The quantitative estimate of drug-likeness (QED) is 0.386. The number of hydrogen-bond donors (Lipinski definition) is 3. The summed E-state index contributed by atoms with van der Waals surface area (Å²) in [6.07, 6.45) is 3.45. The van der Waals surface area contributed by atoms with Gasteiger partial charge in [0.2, 0.25) is 10.0 Å². The number of nitrogens with two attached hydrogens (primary N) is 1. The van der Waals surface area contributed by atoms with E-state index in [1.165, 1.54) is 23.9 Å². The number of aliphatic hydroxyl groups excluding tert-OH is 1. The topological polar surface area (TPSA) is 118 Å². The minimum absolute atomic E-state index is 0.174. The van der Waals surface area contributed by atoms with E-state index in [2.05, 4.69) is 15.3 Å². The number of aliphatic hydroxyl groups is 1. The van der Waals surface area contributed by atoms with Crippen LogP contribution in [-0.2, 0) is 23.2 Å². The molecule has 0 aliphatic heterocycles. The summed E-state index contributed by atoms with van der Waals surface area (Å²) >= 11 is 1.40. The fraction of sp³-hybridized carbons (Fsp3) is 0.158. The van der Waals surface area contributed by atoms with Gasteiger partial charge in [0.15, 0.2) is 5.16 Å². The van der Waals surface area contributed by atoms with Crippen LogP contribution >= 0.6 is 11.8 Å². The summed E-state index contributed by atoms with van der Waals surface area (Å²) in [6, 6.07) is 11.1. The van der Waals surface area contributed by atoms with Gasteiger partial charge in [-0.05, 0) is 35.1 Å². The monoisotopic (exact) mass is 434 g/mol. The van der Waals surface area contributed by atoms with E-state index in [0.29, 0.717) is 28.6 Å². The Balaban J connectivity index is 1.78. The van der Waals surface area contributed by atoms with Crippen molar-refractivity contribution < 1.29 is 17.9 Å². The minimum atomic E-state index is -4.14. The summed E-state index contributed by atoms with van der Waals surface area (Å²) in [7, 11) is -4.14. The summed E-state index contributed by atoms with van der Waals surface area (Å²) in [5.41, 5.74) is 2.80. The molecule has 4 N–H and O–H groups in total. The zero-order valence-corrected chi connectivity index (χ0v) is 17.1. The molecular weight excluding hydrogens is 415 g/mol. The molecule has 10 heteroatoms. The zero-order chi connectivity index (χ0) is 21.0. The molecule has 7 nitrogen and oxygen atoms in total. The molecule has 0 saturated heterocycles. The molecule has 3 rings (SSSR count). The Bertz CT molecular complexity index is 1120. The van der Waals surface area contributed by atoms with Crippen molar-refractivity contribution in [1.82, 2.24) is 9.97 Å². The lowest BCUT2D eigenvalue weighted by Crippen LogP contribution is -2.14. The smallest absolute Gasteiger partial charge is 0.240 e. The molecule has 0 aliphatic carbocycles. The van der Waals surface area contributed by atoms with Crippen LogP contribution in [0.25, 0.3) is 11.1 Å². The number of sulfonamides is 1. The molecular formula is C19H19FN4O3S2. The molecule has 0 saturated carbocycles. The molecule has 29 heavy (non-hydrogen) atoms. The fourth-order valence-corrected chi connectivity index (χ4v) is 3.63. The number of hydrogen-bond acceptors (Lipinski definition) is 7. The highest BCUT2D eigenvalue weighted by molar-refractivity contribution is 7.98. The molecule has 0 amide bonds. The van der Waals surface area contributed by atoms with Gasteiger partial charge >= 0.3 is 0 Å². The van der Waals surface area contributed by atoms with Gasteiger partial charge in [-0.3, -0.25) is 0 Å². The summed E-state index contributed by atoms with van der Waals surface area (Å²) in [4.78, 5) is 7.96. The van der Waals surface area contributed by atoms with Gasteiger partial charge in [-0.2, -0.15) is 0 Å². The van der Waals surface area contributed by atoms with Crippen molar-refractivity contribution in [3.8, 4) is 11.1 Å². The lowest BCUT2D eigenvalue weighted by Gasteiger charge is -2.11. The van der Waals surface area contributed by atoms with Crippen LogP contribution in [0.2, 0.25) is 0 Å². The lowest BCUT2D eigenvalue weighted by atomic mass is 10.0. The molecule has 1 aromatic heterocycles. The number of aromatic nitrogens is 2. The molecule has 0 unspecified atom stereocenters. The number of nitrogens with zero attached hydrogens (tertiary/aromatic N) is 2. The van der Waals surface area contributed by atoms with Gasteiger partial charge in [-0.1, -0.05) is 42.1 Å². The van der Waals surface area contributed by atoms with Crippen LogP contribution in [0.5, 0.6) is 0 Å². The first-order chi connectivity index (χ1) is 13.8. The van der Waals surface area contributed by atoms with Crippen LogP contribution in [0.3, 0.4) is 0 Å². The van der Waals surface area contributed by atoms with Gasteiger partial charge in [0.25, 0.3) is 0 Å². The molecule has 0 bridgehead atoms. The highest BCUT2D eigenvalue weighted by atomic mass is 32.2. The van der Waals surface area contributed by atoms with Crippen LogP contribution in [0.15, 0.2) is 58.7 Å². The van der Waals surface area contributed by atoms with Crippen molar-refractivity contribution in [2.45, 2.75) is 23.2 Å². The summed E-state index contributed by atoms with van der Waals surface area (Å²) in [5, 5.41) is 18.3. The lowest BCUT2D eigenvalue weighted by molar-refractivity contribution is 0.281. The fourth-order valence-electron chi connectivity index (χ4n) is 2.66. The second-order valence-electron chi connectivity index (χ2n) is 6.13. The van der Waals surface area contributed by atoms with E-state index in [0.717, 1.165) is 17.2 Å². The first-order valence-corrected chi connectivity index (χ1v) is 11.2. The highest BCUT2D eigenvalue weighted by Gasteiger charge is 2.15. The van der Waals surface area contributed by atoms with Gasteiger partial charge in [0.05, 0.1) is 6.61 Å². The number of rotatable bonds is 7. The highest BCUT2D eigenvalue weighted by Crippen LogP contribution is 2.25. The average molecular weight is 435 g/mol. The van der Waals surface area contributed by atoms with Crippen LogP contribution < -0.4 is 10.5 Å². The molecule has 0 spiro atoms. The number of nitrogens with one attached hydrogen (secondary N) is 1. The molecule has 0 radical (unpaired) electrons. The van der Waals surface area contributed by atoms with Gasteiger partial charge < -0.3 is 10.4 Å². The van der Waals surface area contributed by atoms with E-state index in [1.807, 2.05) is 18.4 Å². The number of halogens is 1. The molecule has 0 aliphatic rings. The third-order valence-electron chi connectivity index (χ3n) is 4.18. The maximum absolute atomic E-state index is 13.7. The first kappa shape index (κ1) is 21.2. The predicted molar refractivity (Wildman–Crippen MR) is 110 cm³/mol. The summed E-state index contributed by atoms with van der Waals surface area (Å²) < 4.78 is 36.7. The summed E-state index contributed by atoms with van der Waals surface area (Å²) in [6.45, 7) is 0.289. The van der Waals surface area contributed by atoms with E-state index in [4.69, 9.17) is 5.14 Å². The van der Waals surface area contributed by atoms with E-state index in [-0.39, 0.29) is 6.61 Å². The van der Waals surface area contributed by atoms with E-state index >= 15 is 0 Å². The Morgan fingerprint density at radius 1 is 1.17 bits per heavy atom. The van der Waals surface area contributed by atoms with Crippen LogP contribution in [0.4, 0.5) is 10.2 Å². The number of thioether (sulfide) groups is 1. The van der Waals surface area contributed by atoms with Gasteiger partial charge in [-0.25, -0.2) is 27.9 Å². The number of benzene rings is 2. The van der Waals surface area contributed by atoms with Crippen LogP contribution in [0, 0.1) is 5.82 Å². The maximum Gasteiger partial charge on any atom is 0.240 e. The molecule has 2 aromatic carbocycles. The Morgan fingerprint density at radius 2 is 1.86 bits per heavy atom. The Morgan fingerprint density at radius 3 is 2.48 bits per heavy atom. The minimum Gasteiger partial charge on any atom is -0.391 e. The van der Waals surface area contributed by atoms with Crippen LogP contribution in [0.1, 0.15) is 11.1 Å². The van der Waals surface area contributed by atoms with Gasteiger partial charge in [-0.15, -0.1) is 0 Å². The Kier molecular flexibility index (Phi) is 6.48. The summed E-state index contributed by atoms with van der Waals surface area (Å²) in [5.74, 6) is -0.321. The van der Waals surface area contributed by atoms with Gasteiger partial charge in [0, 0.05) is 18.3 Å². The molecule has 3 aromatic rings.